The molecule has 20 heavy (non-hydrogen) atoms. The molecule has 0 aliphatic heterocycles. The van der Waals surface area contributed by atoms with E-state index in [4.69, 9.17) is 0 Å². The van der Waals surface area contributed by atoms with Gasteiger partial charge in [-0.3, -0.25) is 4.79 Å². The van der Waals surface area contributed by atoms with Crippen LogP contribution >= 0.6 is 0 Å². The zero-order chi connectivity index (χ0) is 14.4. The first-order valence-electron chi connectivity index (χ1n) is 6.71. The molecular weight excluding hydrogens is 255 g/mol. The number of anilines is 1. The molecule has 0 spiro atoms. The van der Waals surface area contributed by atoms with E-state index < -0.39 is 5.95 Å². The van der Waals surface area contributed by atoms with Crippen molar-refractivity contribution in [2.45, 2.75) is 19.8 Å². The third kappa shape index (κ3) is 3.20. The quantitative estimate of drug-likeness (QED) is 0.778. The summed E-state index contributed by atoms with van der Waals surface area (Å²) in [4.78, 5) is 17.7. The van der Waals surface area contributed by atoms with Crippen LogP contribution in [-0.4, -0.2) is 17.4 Å². The fraction of sp³-hybridized carbons (Fsp3) is 0.250. The molecule has 0 aliphatic rings. The standard InChI is InChI=1S/C16H17FN2O/c1-2-3-12-19(13-8-5-4-6-9-13)16(20)14-10-7-11-18-15(14)17/h4-11H,2-3,12H2,1H3. The molecule has 0 saturated heterocycles. The maximum absolute atomic E-state index is 13.7. The van der Waals surface area contributed by atoms with Crippen LogP contribution in [0, 0.1) is 5.95 Å². The molecule has 2 aromatic rings. The van der Waals surface area contributed by atoms with Crippen LogP contribution < -0.4 is 4.90 Å². The van der Waals surface area contributed by atoms with Crippen molar-refractivity contribution in [1.82, 2.24) is 4.98 Å². The molecule has 1 amide bonds. The van der Waals surface area contributed by atoms with E-state index in [0.29, 0.717) is 6.54 Å². The summed E-state index contributed by atoms with van der Waals surface area (Å²) in [5.74, 6) is -1.08. The number of rotatable bonds is 5. The Labute approximate surface area is 118 Å². The van der Waals surface area contributed by atoms with Gasteiger partial charge in [-0.25, -0.2) is 4.98 Å². The van der Waals surface area contributed by atoms with Gasteiger partial charge >= 0.3 is 0 Å². The van der Waals surface area contributed by atoms with E-state index in [9.17, 15) is 9.18 Å². The summed E-state index contributed by atoms with van der Waals surface area (Å²) in [5, 5.41) is 0. The van der Waals surface area contributed by atoms with Gasteiger partial charge in [0.25, 0.3) is 5.91 Å². The van der Waals surface area contributed by atoms with Gasteiger partial charge in [0.1, 0.15) is 0 Å². The van der Waals surface area contributed by atoms with Gasteiger partial charge in [-0.15, -0.1) is 0 Å². The van der Waals surface area contributed by atoms with Crippen molar-refractivity contribution in [3.8, 4) is 0 Å². The Balaban J connectivity index is 2.32. The van der Waals surface area contributed by atoms with Crippen LogP contribution in [0.5, 0.6) is 0 Å². The van der Waals surface area contributed by atoms with E-state index in [2.05, 4.69) is 11.9 Å². The first-order chi connectivity index (χ1) is 9.74. The summed E-state index contributed by atoms with van der Waals surface area (Å²) in [6.45, 7) is 2.62. The number of carbonyl (C=O) groups excluding carboxylic acids is 1. The van der Waals surface area contributed by atoms with E-state index in [1.54, 1.807) is 11.0 Å². The Morgan fingerprint density at radius 2 is 1.95 bits per heavy atom. The third-order valence-electron chi connectivity index (χ3n) is 3.04. The number of hydrogen-bond acceptors (Lipinski definition) is 2. The summed E-state index contributed by atoms with van der Waals surface area (Å²) in [6.07, 6.45) is 3.17. The van der Waals surface area contributed by atoms with Gasteiger partial charge in [0.05, 0.1) is 5.56 Å². The van der Waals surface area contributed by atoms with Gasteiger partial charge in [-0.1, -0.05) is 31.5 Å². The maximum Gasteiger partial charge on any atom is 0.262 e. The molecule has 1 aromatic carbocycles. The Hall–Kier alpha value is -2.23. The lowest BCUT2D eigenvalue weighted by atomic mass is 10.2. The first-order valence-corrected chi connectivity index (χ1v) is 6.71. The van der Waals surface area contributed by atoms with Crippen molar-refractivity contribution in [2.24, 2.45) is 0 Å². The second-order valence-corrected chi connectivity index (χ2v) is 4.49. The van der Waals surface area contributed by atoms with Crippen LogP contribution in [0.15, 0.2) is 48.7 Å². The van der Waals surface area contributed by atoms with Crippen molar-refractivity contribution < 1.29 is 9.18 Å². The number of nitrogens with zero attached hydrogens (tertiary/aromatic N) is 2. The van der Waals surface area contributed by atoms with Crippen LogP contribution in [0.3, 0.4) is 0 Å². The van der Waals surface area contributed by atoms with Crippen molar-refractivity contribution in [3.63, 3.8) is 0 Å². The van der Waals surface area contributed by atoms with Crippen LogP contribution in [0.4, 0.5) is 10.1 Å². The fourth-order valence-corrected chi connectivity index (χ4v) is 1.96. The summed E-state index contributed by atoms with van der Waals surface area (Å²) < 4.78 is 13.7. The third-order valence-corrected chi connectivity index (χ3v) is 3.04. The topological polar surface area (TPSA) is 33.2 Å². The molecule has 0 radical (unpaired) electrons. The largest absolute Gasteiger partial charge is 0.308 e. The smallest absolute Gasteiger partial charge is 0.262 e. The lowest BCUT2D eigenvalue weighted by Gasteiger charge is -2.22. The highest BCUT2D eigenvalue weighted by molar-refractivity contribution is 6.06. The van der Waals surface area contributed by atoms with Gasteiger partial charge in [-0.05, 0) is 30.7 Å². The average molecular weight is 272 g/mol. The highest BCUT2D eigenvalue weighted by Crippen LogP contribution is 2.18. The minimum atomic E-state index is -0.727. The number of pyridine rings is 1. The highest BCUT2D eigenvalue weighted by atomic mass is 19.1. The SMILES string of the molecule is CCCCN(C(=O)c1cccnc1F)c1ccccc1. The average Bonchev–Trinajstić information content (AvgIpc) is 2.49. The van der Waals surface area contributed by atoms with Gasteiger partial charge in [0, 0.05) is 18.4 Å². The van der Waals surface area contributed by atoms with Crippen LogP contribution in [0.25, 0.3) is 0 Å². The zero-order valence-electron chi connectivity index (χ0n) is 11.4. The van der Waals surface area contributed by atoms with Crippen LogP contribution in [-0.2, 0) is 0 Å². The summed E-state index contributed by atoms with van der Waals surface area (Å²) in [6, 6.07) is 12.3. The second kappa shape index (κ2) is 6.80. The van der Waals surface area contributed by atoms with Gasteiger partial charge in [0.2, 0.25) is 5.95 Å². The zero-order valence-corrected chi connectivity index (χ0v) is 11.4. The maximum atomic E-state index is 13.7. The molecule has 1 aromatic heterocycles. The number of para-hydroxylation sites is 1. The molecule has 4 heteroatoms. The normalized spacial score (nSPS) is 10.3. The first kappa shape index (κ1) is 14.2. The number of halogens is 1. The highest BCUT2D eigenvalue weighted by Gasteiger charge is 2.20. The number of amides is 1. The summed E-state index contributed by atoms with van der Waals surface area (Å²) >= 11 is 0. The lowest BCUT2D eigenvalue weighted by molar-refractivity contribution is 0.0982. The molecule has 0 aliphatic carbocycles. The Bertz CT molecular complexity index is 572. The molecule has 2 rings (SSSR count). The van der Waals surface area contributed by atoms with E-state index in [1.165, 1.54) is 12.3 Å². The van der Waals surface area contributed by atoms with Gasteiger partial charge < -0.3 is 4.90 Å². The van der Waals surface area contributed by atoms with Gasteiger partial charge in [0.15, 0.2) is 0 Å². The Kier molecular flexibility index (Phi) is 4.82. The fourth-order valence-electron chi connectivity index (χ4n) is 1.96. The van der Waals surface area contributed by atoms with Crippen LogP contribution in [0.1, 0.15) is 30.1 Å². The molecule has 0 N–H and O–H groups in total. The molecule has 1 heterocycles. The summed E-state index contributed by atoms with van der Waals surface area (Å²) in [7, 11) is 0. The van der Waals surface area contributed by atoms with Crippen molar-refractivity contribution in [3.05, 3.63) is 60.2 Å². The molecule has 3 nitrogen and oxygen atoms in total. The van der Waals surface area contributed by atoms with E-state index in [0.717, 1.165) is 18.5 Å². The van der Waals surface area contributed by atoms with Crippen molar-refractivity contribution in [1.29, 1.82) is 0 Å². The van der Waals surface area contributed by atoms with Crippen molar-refractivity contribution in [2.75, 3.05) is 11.4 Å². The van der Waals surface area contributed by atoms with E-state index in [1.807, 2.05) is 30.3 Å². The molecule has 0 atom stereocenters. The molecule has 104 valence electrons. The minimum absolute atomic E-state index is 0.00690. The van der Waals surface area contributed by atoms with E-state index in [-0.39, 0.29) is 11.5 Å². The van der Waals surface area contributed by atoms with Crippen LogP contribution in [0.2, 0.25) is 0 Å². The van der Waals surface area contributed by atoms with Crippen molar-refractivity contribution >= 4 is 11.6 Å². The molecule has 0 unspecified atom stereocenters. The summed E-state index contributed by atoms with van der Waals surface area (Å²) in [5.41, 5.74) is 0.779. The number of unbranched alkanes of at least 4 members (excludes halogenated alkanes) is 1. The number of aromatic nitrogens is 1. The second-order valence-electron chi connectivity index (χ2n) is 4.49. The minimum Gasteiger partial charge on any atom is -0.308 e. The predicted octanol–water partition coefficient (Wildman–Crippen LogP) is 3.67. The Morgan fingerprint density at radius 1 is 1.20 bits per heavy atom. The number of carbonyl (C=O) groups is 1. The number of hydrogen-bond donors (Lipinski definition) is 0. The van der Waals surface area contributed by atoms with Gasteiger partial charge in [-0.2, -0.15) is 4.39 Å². The lowest BCUT2D eigenvalue weighted by Crippen LogP contribution is -2.32. The molecule has 0 fully saturated rings. The molecular formula is C16H17FN2O. The molecule has 0 saturated carbocycles. The monoisotopic (exact) mass is 272 g/mol. The number of benzene rings is 1. The van der Waals surface area contributed by atoms with E-state index >= 15 is 0 Å². The predicted molar refractivity (Wildman–Crippen MR) is 77.2 cm³/mol. The Morgan fingerprint density at radius 3 is 2.60 bits per heavy atom. The molecule has 0 bridgehead atoms.